The van der Waals surface area contributed by atoms with Crippen molar-refractivity contribution in [1.29, 1.82) is 0 Å². The maximum atomic E-state index is 6.64. The Morgan fingerprint density at radius 2 is 1.84 bits per heavy atom. The first kappa shape index (κ1) is 14.5. The van der Waals surface area contributed by atoms with Crippen LogP contribution in [0.4, 0.5) is 11.5 Å². The van der Waals surface area contributed by atoms with Gasteiger partial charge in [0.15, 0.2) is 0 Å². The van der Waals surface area contributed by atoms with E-state index in [0.717, 1.165) is 22.6 Å². The molecule has 0 fully saturated rings. The summed E-state index contributed by atoms with van der Waals surface area (Å²) in [5.74, 6) is 1.76. The second-order valence-electron chi connectivity index (χ2n) is 7.25. The van der Waals surface area contributed by atoms with Crippen molar-refractivity contribution in [2.75, 3.05) is 11.9 Å². The van der Waals surface area contributed by atoms with E-state index in [9.17, 15) is 0 Å². The van der Waals surface area contributed by atoms with Gasteiger partial charge >= 0.3 is 0 Å². The van der Waals surface area contributed by atoms with Gasteiger partial charge in [0, 0.05) is 24.2 Å². The summed E-state index contributed by atoms with van der Waals surface area (Å²) in [4.78, 5) is 11.5. The molecule has 4 heteroatoms. The number of rotatable bonds is 0. The van der Waals surface area contributed by atoms with Crippen LogP contribution >= 0.6 is 0 Å². The fraction of sp³-hybridized carbons (Fsp3) is 0.238. The molecule has 0 radical (unpaired) electrons. The zero-order valence-corrected chi connectivity index (χ0v) is 14.5. The molecular weight excluding hydrogens is 310 g/mol. The Bertz CT molecular complexity index is 1040. The highest BCUT2D eigenvalue weighted by Gasteiger charge is 2.59. The first-order chi connectivity index (χ1) is 12.0. The van der Waals surface area contributed by atoms with Gasteiger partial charge in [0.1, 0.15) is 17.3 Å². The Morgan fingerprint density at radius 3 is 2.68 bits per heavy atom. The fourth-order valence-corrected chi connectivity index (χ4v) is 4.16. The van der Waals surface area contributed by atoms with Gasteiger partial charge in [-0.2, -0.15) is 0 Å². The molecular formula is C21H19N3O. The molecule has 2 aliphatic heterocycles. The molecule has 0 aliphatic carbocycles. The number of benzene rings is 2. The molecule has 5 rings (SSSR count). The summed E-state index contributed by atoms with van der Waals surface area (Å²) in [6, 6.07) is 16.5. The van der Waals surface area contributed by atoms with E-state index >= 15 is 0 Å². The molecule has 1 atom stereocenters. The van der Waals surface area contributed by atoms with Crippen LogP contribution < -0.4 is 9.64 Å². The predicted molar refractivity (Wildman–Crippen MR) is 101 cm³/mol. The average molecular weight is 329 g/mol. The molecule has 0 bridgehead atoms. The smallest absolute Gasteiger partial charge is 0.229 e. The largest absolute Gasteiger partial charge is 0.459 e. The Balaban J connectivity index is 1.72. The highest BCUT2D eigenvalue weighted by Crippen LogP contribution is 2.53. The lowest BCUT2D eigenvalue weighted by Gasteiger charge is -2.44. The molecule has 0 saturated carbocycles. The normalized spacial score (nSPS) is 22.8. The zero-order valence-electron chi connectivity index (χ0n) is 14.5. The molecule has 1 spiro atoms. The van der Waals surface area contributed by atoms with Crippen molar-refractivity contribution >= 4 is 28.5 Å². The van der Waals surface area contributed by atoms with Gasteiger partial charge in [-0.15, -0.1) is 0 Å². The molecule has 1 aromatic heterocycles. The number of pyridine rings is 1. The lowest BCUT2D eigenvalue weighted by Crippen LogP contribution is -2.61. The van der Waals surface area contributed by atoms with E-state index in [1.54, 1.807) is 0 Å². The molecule has 2 aromatic carbocycles. The number of fused-ring (bicyclic) bond motifs is 4. The SMILES string of the molecule is CN1c2ncccc2C(C)(C)C12C=Nc1c(ccc3ccccc13)O2. The van der Waals surface area contributed by atoms with E-state index < -0.39 is 5.72 Å². The van der Waals surface area contributed by atoms with Crippen LogP contribution in [0.25, 0.3) is 10.8 Å². The van der Waals surface area contributed by atoms with E-state index in [2.05, 4.69) is 48.0 Å². The number of likely N-dealkylation sites (N-methyl/N-ethyl adjacent to an activating group) is 1. The van der Waals surface area contributed by atoms with Crippen LogP contribution in [0.5, 0.6) is 5.75 Å². The summed E-state index contributed by atoms with van der Waals surface area (Å²) >= 11 is 0. The van der Waals surface area contributed by atoms with Crippen molar-refractivity contribution in [2.45, 2.75) is 25.0 Å². The first-order valence-corrected chi connectivity index (χ1v) is 8.50. The number of ether oxygens (including phenoxy) is 1. The molecule has 0 amide bonds. The van der Waals surface area contributed by atoms with Crippen LogP contribution in [0.3, 0.4) is 0 Å². The van der Waals surface area contributed by atoms with Crippen LogP contribution in [0.2, 0.25) is 0 Å². The van der Waals surface area contributed by atoms with Gasteiger partial charge < -0.3 is 9.64 Å². The molecule has 3 heterocycles. The van der Waals surface area contributed by atoms with Crippen LogP contribution in [-0.2, 0) is 5.41 Å². The number of anilines is 1. The first-order valence-electron chi connectivity index (χ1n) is 8.50. The Kier molecular flexibility index (Phi) is 2.66. The van der Waals surface area contributed by atoms with Gasteiger partial charge in [-0.3, -0.25) is 4.99 Å². The van der Waals surface area contributed by atoms with Gasteiger partial charge in [0.05, 0.1) is 11.6 Å². The third-order valence-corrected chi connectivity index (χ3v) is 5.67. The molecule has 2 aliphatic rings. The van der Waals surface area contributed by atoms with E-state index in [4.69, 9.17) is 9.73 Å². The monoisotopic (exact) mass is 329 g/mol. The molecule has 1 unspecified atom stereocenters. The summed E-state index contributed by atoms with van der Waals surface area (Å²) in [5.41, 5.74) is 1.11. The minimum atomic E-state index is -0.681. The van der Waals surface area contributed by atoms with Crippen molar-refractivity contribution in [2.24, 2.45) is 4.99 Å². The van der Waals surface area contributed by atoms with E-state index in [0.29, 0.717) is 0 Å². The number of aromatic nitrogens is 1. The van der Waals surface area contributed by atoms with Crippen molar-refractivity contribution in [3.05, 3.63) is 60.3 Å². The maximum absolute atomic E-state index is 6.64. The number of nitrogens with zero attached hydrogens (tertiary/aromatic N) is 3. The number of hydrogen-bond acceptors (Lipinski definition) is 4. The van der Waals surface area contributed by atoms with Crippen LogP contribution in [0.15, 0.2) is 59.7 Å². The standard InChI is InChI=1S/C21H19N3O/c1-20(2)16-9-6-12-22-19(16)24(3)21(20)13-23-18-15-8-5-4-7-14(15)10-11-17(18)25-21/h4-13H,1-3H3. The third kappa shape index (κ3) is 1.66. The maximum Gasteiger partial charge on any atom is 0.229 e. The summed E-state index contributed by atoms with van der Waals surface area (Å²) < 4.78 is 6.64. The van der Waals surface area contributed by atoms with Gasteiger partial charge in [-0.25, -0.2) is 4.98 Å². The Morgan fingerprint density at radius 1 is 1.00 bits per heavy atom. The van der Waals surface area contributed by atoms with Gasteiger partial charge in [0.2, 0.25) is 5.72 Å². The predicted octanol–water partition coefficient (Wildman–Crippen LogP) is 4.45. The minimum Gasteiger partial charge on any atom is -0.459 e. The fourth-order valence-electron chi connectivity index (χ4n) is 4.16. The highest BCUT2D eigenvalue weighted by atomic mass is 16.5. The van der Waals surface area contributed by atoms with Crippen molar-refractivity contribution in [1.82, 2.24) is 4.98 Å². The number of hydrogen-bond donors (Lipinski definition) is 0. The van der Waals surface area contributed by atoms with Crippen LogP contribution in [0.1, 0.15) is 19.4 Å². The van der Waals surface area contributed by atoms with Gasteiger partial charge in [-0.1, -0.05) is 36.4 Å². The van der Waals surface area contributed by atoms with Gasteiger partial charge in [0.25, 0.3) is 0 Å². The van der Waals surface area contributed by atoms with Crippen LogP contribution in [-0.4, -0.2) is 24.0 Å². The van der Waals surface area contributed by atoms with Crippen molar-refractivity contribution in [3.63, 3.8) is 0 Å². The van der Waals surface area contributed by atoms with E-state index in [1.807, 2.05) is 43.7 Å². The molecule has 25 heavy (non-hydrogen) atoms. The van der Waals surface area contributed by atoms with E-state index in [-0.39, 0.29) is 5.41 Å². The average Bonchev–Trinajstić information content (AvgIpc) is 2.81. The Labute approximate surface area is 146 Å². The van der Waals surface area contributed by atoms with Crippen LogP contribution in [0, 0.1) is 0 Å². The van der Waals surface area contributed by atoms with Crippen molar-refractivity contribution < 1.29 is 4.74 Å². The summed E-state index contributed by atoms with van der Waals surface area (Å²) in [6.07, 6.45) is 3.77. The van der Waals surface area contributed by atoms with Gasteiger partial charge in [-0.05, 0) is 31.4 Å². The topological polar surface area (TPSA) is 37.7 Å². The molecule has 3 aromatic rings. The Hall–Kier alpha value is -2.88. The van der Waals surface area contributed by atoms with Crippen molar-refractivity contribution in [3.8, 4) is 5.75 Å². The minimum absolute atomic E-state index is 0.280. The van der Waals surface area contributed by atoms with E-state index in [1.165, 1.54) is 10.9 Å². The summed E-state index contributed by atoms with van der Waals surface area (Å²) in [5, 5.41) is 2.28. The number of aliphatic imine (C=N–C) groups is 1. The highest BCUT2D eigenvalue weighted by molar-refractivity contribution is 5.99. The summed E-state index contributed by atoms with van der Waals surface area (Å²) in [7, 11) is 2.03. The molecule has 0 saturated heterocycles. The molecule has 124 valence electrons. The third-order valence-electron chi connectivity index (χ3n) is 5.67. The second kappa shape index (κ2) is 4.60. The molecule has 0 N–H and O–H groups in total. The quantitative estimate of drug-likeness (QED) is 0.611. The lowest BCUT2D eigenvalue weighted by molar-refractivity contribution is 0.0825. The second-order valence-corrected chi connectivity index (χ2v) is 7.25. The zero-order chi connectivity index (χ0) is 17.2. The summed E-state index contributed by atoms with van der Waals surface area (Å²) in [6.45, 7) is 4.38. The lowest BCUT2D eigenvalue weighted by atomic mass is 9.78. The molecule has 4 nitrogen and oxygen atoms in total.